The Morgan fingerprint density at radius 1 is 1.36 bits per heavy atom. The second-order valence-electron chi connectivity index (χ2n) is 6.79. The van der Waals surface area contributed by atoms with Gasteiger partial charge in [-0.25, -0.2) is 0 Å². The number of nitrogens with zero attached hydrogens (tertiary/aromatic N) is 2. The van der Waals surface area contributed by atoms with Crippen LogP contribution in [0.25, 0.3) is 5.57 Å². The summed E-state index contributed by atoms with van der Waals surface area (Å²) in [7, 11) is 1.70. The van der Waals surface area contributed by atoms with Gasteiger partial charge in [0.25, 0.3) is 5.91 Å². The third-order valence-electron chi connectivity index (χ3n) is 5.00. The molecule has 1 atom stereocenters. The van der Waals surface area contributed by atoms with Gasteiger partial charge in [0.1, 0.15) is 6.04 Å². The molecule has 5 nitrogen and oxygen atoms in total. The Morgan fingerprint density at radius 2 is 2.11 bits per heavy atom. The van der Waals surface area contributed by atoms with Crippen molar-refractivity contribution < 1.29 is 9.59 Å². The van der Waals surface area contributed by atoms with Gasteiger partial charge >= 0.3 is 0 Å². The predicted molar refractivity (Wildman–Crippen MR) is 111 cm³/mol. The summed E-state index contributed by atoms with van der Waals surface area (Å²) in [6, 6.07) is 3.34. The number of likely N-dealkylation sites (N-methyl/N-ethyl adjacent to an activating group) is 1. The Hall–Kier alpha value is -2.66. The molecule has 1 aromatic rings. The Kier molecular flexibility index (Phi) is 6.47. The molecule has 1 fully saturated rings. The molecule has 146 valence electrons. The molecule has 6 heteroatoms. The second kappa shape index (κ2) is 9.02. The number of rotatable bonds is 5. The van der Waals surface area contributed by atoms with Crippen molar-refractivity contribution in [3.05, 3.63) is 70.7 Å². The standard InChI is InChI=1S/C22H24ClN3O2/c1-3-15(16-11-13-24-14-12-16)7-4-5-9-18-22(28)26(2)19-10-6-8-17(23)20(19)21(27)25-18/h3-4,7,10-14,18H,5-6,8-9H2,1-2H3,(H,25,27)/b7-4-,15-3+/t18-/m1/s1. The molecule has 0 saturated carbocycles. The highest BCUT2D eigenvalue weighted by Crippen LogP contribution is 2.32. The molecule has 3 rings (SSSR count). The van der Waals surface area contributed by atoms with Gasteiger partial charge in [0.05, 0.1) is 11.3 Å². The first-order valence-electron chi connectivity index (χ1n) is 9.43. The number of hydrogen-bond donors (Lipinski definition) is 1. The van der Waals surface area contributed by atoms with Crippen LogP contribution in [0.4, 0.5) is 0 Å². The first kappa shape index (κ1) is 20.1. The van der Waals surface area contributed by atoms with Gasteiger partial charge in [-0.3, -0.25) is 14.6 Å². The average Bonchev–Trinajstić information content (AvgIpc) is 2.80. The summed E-state index contributed by atoms with van der Waals surface area (Å²) in [6.07, 6.45) is 14.1. The van der Waals surface area contributed by atoms with Crippen LogP contribution in [0.1, 0.15) is 38.2 Å². The van der Waals surface area contributed by atoms with E-state index in [1.807, 2.05) is 43.4 Å². The average molecular weight is 398 g/mol. The lowest BCUT2D eigenvalue weighted by Crippen LogP contribution is -2.43. The van der Waals surface area contributed by atoms with Crippen LogP contribution in [0.15, 0.2) is 65.1 Å². The van der Waals surface area contributed by atoms with Gasteiger partial charge in [0.15, 0.2) is 0 Å². The molecule has 2 amide bonds. The topological polar surface area (TPSA) is 62.3 Å². The van der Waals surface area contributed by atoms with Crippen molar-refractivity contribution in [1.29, 1.82) is 0 Å². The molecule has 0 radical (unpaired) electrons. The van der Waals surface area contributed by atoms with Crippen molar-refractivity contribution in [2.75, 3.05) is 7.05 Å². The van der Waals surface area contributed by atoms with E-state index in [1.165, 1.54) is 0 Å². The minimum absolute atomic E-state index is 0.116. The smallest absolute Gasteiger partial charge is 0.255 e. The van der Waals surface area contributed by atoms with E-state index < -0.39 is 6.04 Å². The molecule has 28 heavy (non-hydrogen) atoms. The molecule has 0 unspecified atom stereocenters. The number of hydrogen-bond acceptors (Lipinski definition) is 3. The Bertz CT molecular complexity index is 884. The fraction of sp³-hybridized carbons (Fsp3) is 0.318. The highest BCUT2D eigenvalue weighted by atomic mass is 35.5. The number of fused-ring (bicyclic) bond motifs is 1. The summed E-state index contributed by atoms with van der Waals surface area (Å²) in [6.45, 7) is 1.98. The predicted octanol–water partition coefficient (Wildman–Crippen LogP) is 3.95. The van der Waals surface area contributed by atoms with E-state index in [1.54, 1.807) is 24.3 Å². The largest absolute Gasteiger partial charge is 0.340 e. The van der Waals surface area contributed by atoms with Gasteiger partial charge in [-0.2, -0.15) is 0 Å². The Balaban J connectivity index is 1.68. The number of carbonyl (C=O) groups excluding carboxylic acids is 2. The highest BCUT2D eigenvalue weighted by Gasteiger charge is 2.35. The van der Waals surface area contributed by atoms with Crippen LogP contribution < -0.4 is 5.32 Å². The summed E-state index contributed by atoms with van der Waals surface area (Å²) in [5, 5.41) is 3.37. The molecule has 1 saturated heterocycles. The molecular weight excluding hydrogens is 374 g/mol. The quantitative estimate of drug-likeness (QED) is 0.765. The van der Waals surface area contributed by atoms with Gasteiger partial charge in [-0.1, -0.05) is 35.9 Å². The normalized spacial score (nSPS) is 20.8. The molecule has 0 aromatic carbocycles. The van der Waals surface area contributed by atoms with Crippen molar-refractivity contribution in [3.63, 3.8) is 0 Å². The van der Waals surface area contributed by atoms with Crippen LogP contribution in [-0.4, -0.2) is 34.8 Å². The van der Waals surface area contributed by atoms with E-state index >= 15 is 0 Å². The molecule has 2 aliphatic rings. The molecule has 2 heterocycles. The molecule has 1 aliphatic carbocycles. The fourth-order valence-corrected chi connectivity index (χ4v) is 3.75. The second-order valence-corrected chi connectivity index (χ2v) is 7.25. The summed E-state index contributed by atoms with van der Waals surface area (Å²) in [5.41, 5.74) is 3.22. The van der Waals surface area contributed by atoms with Gasteiger partial charge < -0.3 is 10.2 Å². The zero-order chi connectivity index (χ0) is 20.1. The zero-order valence-electron chi connectivity index (χ0n) is 16.1. The first-order valence-corrected chi connectivity index (χ1v) is 9.81. The number of halogens is 1. The van der Waals surface area contributed by atoms with Crippen molar-refractivity contribution in [3.8, 4) is 0 Å². The summed E-state index contributed by atoms with van der Waals surface area (Å²) in [5.74, 6) is -0.386. The molecular formula is C22H24ClN3O2. The van der Waals surface area contributed by atoms with Crippen LogP contribution >= 0.6 is 11.6 Å². The summed E-state index contributed by atoms with van der Waals surface area (Å²) in [4.78, 5) is 31.0. The maximum absolute atomic E-state index is 12.8. The monoisotopic (exact) mass is 397 g/mol. The third-order valence-corrected chi connectivity index (χ3v) is 5.37. The van der Waals surface area contributed by atoms with Crippen molar-refractivity contribution >= 4 is 29.0 Å². The Labute approximate surface area is 170 Å². The summed E-state index contributed by atoms with van der Waals surface area (Å²) < 4.78 is 0. The van der Waals surface area contributed by atoms with E-state index in [-0.39, 0.29) is 11.8 Å². The van der Waals surface area contributed by atoms with Crippen LogP contribution in [0.2, 0.25) is 0 Å². The molecule has 1 aliphatic heterocycles. The van der Waals surface area contributed by atoms with E-state index in [4.69, 9.17) is 11.6 Å². The number of aromatic nitrogens is 1. The van der Waals surface area contributed by atoms with E-state index in [2.05, 4.69) is 10.3 Å². The van der Waals surface area contributed by atoms with Gasteiger partial charge in [0, 0.05) is 24.5 Å². The van der Waals surface area contributed by atoms with Gasteiger partial charge in [-0.15, -0.1) is 0 Å². The third kappa shape index (κ3) is 4.25. The molecule has 0 bridgehead atoms. The van der Waals surface area contributed by atoms with Crippen molar-refractivity contribution in [1.82, 2.24) is 15.2 Å². The highest BCUT2D eigenvalue weighted by molar-refractivity contribution is 6.32. The van der Waals surface area contributed by atoms with E-state index in [0.29, 0.717) is 35.6 Å². The fourth-order valence-electron chi connectivity index (χ4n) is 3.46. The number of amides is 2. The maximum atomic E-state index is 12.8. The number of allylic oxidation sites excluding steroid dienone is 6. The maximum Gasteiger partial charge on any atom is 0.255 e. The van der Waals surface area contributed by atoms with Gasteiger partial charge in [0.2, 0.25) is 5.91 Å². The van der Waals surface area contributed by atoms with Crippen LogP contribution in [0.3, 0.4) is 0 Å². The zero-order valence-corrected chi connectivity index (χ0v) is 16.9. The Morgan fingerprint density at radius 3 is 2.82 bits per heavy atom. The van der Waals surface area contributed by atoms with Crippen molar-refractivity contribution in [2.24, 2.45) is 0 Å². The van der Waals surface area contributed by atoms with Crippen molar-refractivity contribution in [2.45, 2.75) is 38.6 Å². The van der Waals surface area contributed by atoms with Crippen LogP contribution in [0.5, 0.6) is 0 Å². The van der Waals surface area contributed by atoms with E-state index in [9.17, 15) is 9.59 Å². The lowest BCUT2D eigenvalue weighted by atomic mass is 10.0. The molecule has 1 N–H and O–H groups in total. The minimum atomic E-state index is -0.569. The molecule has 0 spiro atoms. The van der Waals surface area contributed by atoms with E-state index in [0.717, 1.165) is 17.6 Å². The number of carbonyl (C=O) groups is 2. The number of pyridine rings is 1. The lowest BCUT2D eigenvalue weighted by molar-refractivity contribution is -0.131. The molecule has 1 aromatic heterocycles. The first-order chi connectivity index (χ1) is 13.5. The summed E-state index contributed by atoms with van der Waals surface area (Å²) >= 11 is 6.27. The number of nitrogens with one attached hydrogen (secondary N) is 1. The van der Waals surface area contributed by atoms with Crippen LogP contribution in [-0.2, 0) is 9.59 Å². The lowest BCUT2D eigenvalue weighted by Gasteiger charge is -2.23. The van der Waals surface area contributed by atoms with Crippen LogP contribution in [0, 0.1) is 0 Å². The SMILES string of the molecule is C/C=C(\C=C/CC[C@H]1NC(=O)C2=C(Cl)CCC=C2N(C)C1=O)c1ccncc1. The van der Waals surface area contributed by atoms with Gasteiger partial charge in [-0.05, 0) is 55.9 Å². The minimum Gasteiger partial charge on any atom is -0.340 e.